The van der Waals surface area contributed by atoms with E-state index in [1.165, 1.54) is 38.8 Å². The average Bonchev–Trinajstić information content (AvgIpc) is 2.36. The Bertz CT molecular complexity index is 117. The van der Waals surface area contributed by atoms with Gasteiger partial charge in [0.1, 0.15) is 0 Å². The summed E-state index contributed by atoms with van der Waals surface area (Å²) in [5, 5.41) is 3.30. The first kappa shape index (κ1) is 7.56. The number of rotatable bonds is 3. The molecule has 2 saturated heterocycles. The van der Waals surface area contributed by atoms with Gasteiger partial charge in [-0.2, -0.15) is 0 Å². The summed E-state index contributed by atoms with van der Waals surface area (Å²) in [6, 6.07) is 0. The monoisotopic (exact) mass is 155 g/mol. The Morgan fingerprint density at radius 2 is 2.18 bits per heavy atom. The largest absolute Gasteiger partial charge is 0.378 e. The third-order valence-corrected chi connectivity index (χ3v) is 2.79. The second kappa shape index (κ2) is 3.55. The third kappa shape index (κ3) is 1.94. The van der Waals surface area contributed by atoms with Crippen LogP contribution in [0.15, 0.2) is 0 Å². The predicted molar refractivity (Wildman–Crippen MR) is 44.6 cm³/mol. The van der Waals surface area contributed by atoms with Gasteiger partial charge in [-0.25, -0.2) is 0 Å². The van der Waals surface area contributed by atoms with E-state index in [1.54, 1.807) is 0 Å². The third-order valence-electron chi connectivity index (χ3n) is 2.79. The van der Waals surface area contributed by atoms with E-state index < -0.39 is 0 Å². The topological polar surface area (TPSA) is 21.3 Å². The van der Waals surface area contributed by atoms with Gasteiger partial charge in [-0.1, -0.05) is 0 Å². The number of nitrogens with one attached hydrogen (secondary N) is 1. The second-order valence-electron chi connectivity index (χ2n) is 3.74. The summed E-state index contributed by atoms with van der Waals surface area (Å²) in [5.74, 6) is 0.958. The maximum absolute atomic E-state index is 5.55. The van der Waals surface area contributed by atoms with Gasteiger partial charge in [0.25, 0.3) is 0 Å². The normalized spacial score (nSPS) is 32.2. The van der Waals surface area contributed by atoms with E-state index in [-0.39, 0.29) is 0 Å². The van der Waals surface area contributed by atoms with Crippen molar-refractivity contribution in [2.45, 2.75) is 31.8 Å². The first-order valence-electron chi connectivity index (χ1n) is 4.77. The van der Waals surface area contributed by atoms with Crippen molar-refractivity contribution in [2.24, 2.45) is 5.92 Å². The zero-order valence-corrected chi connectivity index (χ0v) is 7.01. The van der Waals surface area contributed by atoms with Crippen molar-refractivity contribution in [2.75, 3.05) is 19.7 Å². The van der Waals surface area contributed by atoms with E-state index in [0.29, 0.717) is 6.10 Å². The molecule has 0 amide bonds. The Kier molecular flexibility index (Phi) is 2.44. The summed E-state index contributed by atoms with van der Waals surface area (Å²) in [7, 11) is 0. The van der Waals surface area contributed by atoms with Crippen LogP contribution in [0.3, 0.4) is 0 Å². The fourth-order valence-corrected chi connectivity index (χ4v) is 1.85. The van der Waals surface area contributed by atoms with Crippen molar-refractivity contribution in [3.05, 3.63) is 0 Å². The Morgan fingerprint density at radius 3 is 2.73 bits per heavy atom. The summed E-state index contributed by atoms with van der Waals surface area (Å²) >= 11 is 0. The number of ether oxygens (including phenoxy) is 1. The molecule has 0 spiro atoms. The molecule has 1 N–H and O–H groups in total. The van der Waals surface area contributed by atoms with Gasteiger partial charge >= 0.3 is 0 Å². The second-order valence-corrected chi connectivity index (χ2v) is 3.74. The van der Waals surface area contributed by atoms with E-state index in [1.807, 2.05) is 0 Å². The van der Waals surface area contributed by atoms with Crippen LogP contribution in [0.25, 0.3) is 0 Å². The van der Waals surface area contributed by atoms with Crippen LogP contribution in [-0.2, 0) is 4.74 Å². The molecule has 2 heterocycles. The standard InChI is InChI=1S/C9H17NO/c1-2-9(11-5-1)4-3-8-6-10-7-8/h8-10H,1-7H2. The van der Waals surface area contributed by atoms with Crippen molar-refractivity contribution < 1.29 is 4.74 Å². The minimum atomic E-state index is 0.607. The summed E-state index contributed by atoms with van der Waals surface area (Å²) in [4.78, 5) is 0. The van der Waals surface area contributed by atoms with Crippen molar-refractivity contribution in [3.63, 3.8) is 0 Å². The molecule has 0 aromatic carbocycles. The van der Waals surface area contributed by atoms with Crippen molar-refractivity contribution in [1.29, 1.82) is 0 Å². The molecule has 1 unspecified atom stereocenters. The predicted octanol–water partition coefficient (Wildman–Crippen LogP) is 1.17. The Hall–Kier alpha value is -0.0800. The SMILES string of the molecule is C1COC(CCC2CNC2)C1. The van der Waals surface area contributed by atoms with Gasteiger partial charge in [0, 0.05) is 6.61 Å². The van der Waals surface area contributed by atoms with Gasteiger partial charge < -0.3 is 10.1 Å². The molecule has 1 atom stereocenters. The molecule has 2 aliphatic heterocycles. The molecular formula is C9H17NO. The maximum atomic E-state index is 5.55. The fraction of sp³-hybridized carbons (Fsp3) is 1.00. The Morgan fingerprint density at radius 1 is 1.27 bits per heavy atom. The number of hydrogen-bond acceptors (Lipinski definition) is 2. The molecule has 2 heteroatoms. The molecule has 2 fully saturated rings. The average molecular weight is 155 g/mol. The molecule has 11 heavy (non-hydrogen) atoms. The molecule has 0 aromatic heterocycles. The highest BCUT2D eigenvalue weighted by atomic mass is 16.5. The van der Waals surface area contributed by atoms with Crippen LogP contribution in [0, 0.1) is 5.92 Å². The molecule has 0 aliphatic carbocycles. The van der Waals surface area contributed by atoms with E-state index >= 15 is 0 Å². The maximum Gasteiger partial charge on any atom is 0.0576 e. The van der Waals surface area contributed by atoms with E-state index in [2.05, 4.69) is 5.32 Å². The molecule has 0 radical (unpaired) electrons. The van der Waals surface area contributed by atoms with Crippen LogP contribution in [0.5, 0.6) is 0 Å². The van der Waals surface area contributed by atoms with Crippen LogP contribution >= 0.6 is 0 Å². The van der Waals surface area contributed by atoms with Gasteiger partial charge in [0.05, 0.1) is 6.10 Å². The van der Waals surface area contributed by atoms with Crippen molar-refractivity contribution >= 4 is 0 Å². The highest BCUT2D eigenvalue weighted by Gasteiger charge is 2.20. The summed E-state index contributed by atoms with van der Waals surface area (Å²) < 4.78 is 5.55. The first-order valence-corrected chi connectivity index (χ1v) is 4.77. The zero-order chi connectivity index (χ0) is 7.52. The number of hydrogen-bond donors (Lipinski definition) is 1. The summed E-state index contributed by atoms with van der Waals surface area (Å²) in [5.41, 5.74) is 0. The van der Waals surface area contributed by atoms with E-state index in [9.17, 15) is 0 Å². The smallest absolute Gasteiger partial charge is 0.0576 e. The van der Waals surface area contributed by atoms with Crippen LogP contribution in [0.1, 0.15) is 25.7 Å². The quantitative estimate of drug-likeness (QED) is 0.660. The minimum Gasteiger partial charge on any atom is -0.378 e. The van der Waals surface area contributed by atoms with Crippen LogP contribution in [0.2, 0.25) is 0 Å². The summed E-state index contributed by atoms with van der Waals surface area (Å²) in [6.07, 6.45) is 5.87. The molecule has 0 bridgehead atoms. The minimum absolute atomic E-state index is 0.607. The molecule has 2 aliphatic rings. The molecule has 2 nitrogen and oxygen atoms in total. The summed E-state index contributed by atoms with van der Waals surface area (Å²) in [6.45, 7) is 3.49. The van der Waals surface area contributed by atoms with Crippen LogP contribution < -0.4 is 5.32 Å². The van der Waals surface area contributed by atoms with Crippen molar-refractivity contribution in [3.8, 4) is 0 Å². The van der Waals surface area contributed by atoms with Gasteiger partial charge in [0.15, 0.2) is 0 Å². The fourth-order valence-electron chi connectivity index (χ4n) is 1.85. The first-order chi connectivity index (χ1) is 5.45. The van der Waals surface area contributed by atoms with Gasteiger partial charge in [-0.05, 0) is 44.7 Å². The lowest BCUT2D eigenvalue weighted by atomic mass is 9.95. The van der Waals surface area contributed by atoms with Gasteiger partial charge in [-0.3, -0.25) is 0 Å². The molecule has 2 rings (SSSR count). The Balaban J connectivity index is 1.57. The highest BCUT2D eigenvalue weighted by Crippen LogP contribution is 2.20. The van der Waals surface area contributed by atoms with Gasteiger partial charge in [0.2, 0.25) is 0 Å². The molecular weight excluding hydrogens is 138 g/mol. The zero-order valence-electron chi connectivity index (χ0n) is 7.01. The Labute approximate surface area is 68.3 Å². The lowest BCUT2D eigenvalue weighted by Crippen LogP contribution is -2.42. The lowest BCUT2D eigenvalue weighted by Gasteiger charge is -2.27. The van der Waals surface area contributed by atoms with Crippen LogP contribution in [0.4, 0.5) is 0 Å². The van der Waals surface area contributed by atoms with Crippen LogP contribution in [-0.4, -0.2) is 25.8 Å². The van der Waals surface area contributed by atoms with E-state index in [4.69, 9.17) is 4.74 Å². The lowest BCUT2D eigenvalue weighted by molar-refractivity contribution is 0.0949. The van der Waals surface area contributed by atoms with E-state index in [0.717, 1.165) is 12.5 Å². The van der Waals surface area contributed by atoms with Crippen molar-refractivity contribution in [1.82, 2.24) is 5.32 Å². The van der Waals surface area contributed by atoms with Gasteiger partial charge in [-0.15, -0.1) is 0 Å². The molecule has 0 saturated carbocycles. The molecule has 64 valence electrons. The molecule has 0 aromatic rings. The highest BCUT2D eigenvalue weighted by molar-refractivity contribution is 4.76.